The van der Waals surface area contributed by atoms with Gasteiger partial charge in [-0.15, -0.1) is 0 Å². The van der Waals surface area contributed by atoms with E-state index in [0.29, 0.717) is 12.0 Å². The van der Waals surface area contributed by atoms with E-state index in [-0.39, 0.29) is 0 Å². The second-order valence-corrected chi connectivity index (χ2v) is 5.64. The van der Waals surface area contributed by atoms with Crippen molar-refractivity contribution in [1.82, 2.24) is 0 Å². The second kappa shape index (κ2) is 6.47. The van der Waals surface area contributed by atoms with Gasteiger partial charge in [-0.1, -0.05) is 32.6 Å². The van der Waals surface area contributed by atoms with E-state index < -0.39 is 0 Å². The maximum Gasteiger partial charge on any atom is 0.119 e. The molecule has 18 heavy (non-hydrogen) atoms. The number of benzene rings is 1. The fraction of sp³-hybridized carbons (Fsp3) is 0.500. The SMILES string of the molecule is Cc1cc(OCCC(C)(C)C)ccc1C#CCN. The van der Waals surface area contributed by atoms with E-state index >= 15 is 0 Å². The van der Waals surface area contributed by atoms with Crippen molar-refractivity contribution in [2.24, 2.45) is 11.1 Å². The summed E-state index contributed by atoms with van der Waals surface area (Å²) in [6.45, 7) is 9.82. The largest absolute Gasteiger partial charge is 0.494 e. The first-order valence-corrected chi connectivity index (χ1v) is 6.35. The van der Waals surface area contributed by atoms with Crippen LogP contribution in [0.5, 0.6) is 5.75 Å². The molecule has 2 N–H and O–H groups in total. The van der Waals surface area contributed by atoms with Gasteiger partial charge in [-0.05, 0) is 42.5 Å². The Kier molecular flexibility index (Phi) is 5.25. The number of hydrogen-bond donors (Lipinski definition) is 1. The molecule has 2 heteroatoms. The van der Waals surface area contributed by atoms with Gasteiger partial charge >= 0.3 is 0 Å². The molecule has 98 valence electrons. The smallest absolute Gasteiger partial charge is 0.119 e. The molecule has 1 aromatic carbocycles. The maximum absolute atomic E-state index is 5.75. The molecule has 0 fully saturated rings. The van der Waals surface area contributed by atoms with Gasteiger partial charge in [-0.25, -0.2) is 0 Å². The first-order valence-electron chi connectivity index (χ1n) is 6.35. The molecule has 0 aliphatic heterocycles. The number of rotatable bonds is 3. The zero-order valence-corrected chi connectivity index (χ0v) is 11.8. The highest BCUT2D eigenvalue weighted by molar-refractivity contribution is 5.44. The third-order valence-corrected chi connectivity index (χ3v) is 2.64. The van der Waals surface area contributed by atoms with Gasteiger partial charge in [0.1, 0.15) is 5.75 Å². The first kappa shape index (κ1) is 14.6. The lowest BCUT2D eigenvalue weighted by atomic mass is 9.93. The minimum atomic E-state index is 0.307. The predicted molar refractivity (Wildman–Crippen MR) is 76.7 cm³/mol. The number of nitrogens with two attached hydrogens (primary N) is 1. The van der Waals surface area contributed by atoms with Crippen LogP contribution in [-0.4, -0.2) is 13.2 Å². The molecule has 0 aliphatic rings. The fourth-order valence-corrected chi connectivity index (χ4v) is 1.49. The summed E-state index contributed by atoms with van der Waals surface area (Å²) in [6.07, 6.45) is 1.04. The average molecular weight is 245 g/mol. The standard InChI is InChI=1S/C16H23NO/c1-13-12-15(18-11-9-16(2,3)4)8-7-14(13)6-5-10-17/h7-8,12H,9-11,17H2,1-4H3. The summed E-state index contributed by atoms with van der Waals surface area (Å²) in [4.78, 5) is 0. The fourth-order valence-electron chi connectivity index (χ4n) is 1.49. The first-order chi connectivity index (χ1) is 8.42. The van der Waals surface area contributed by atoms with Crippen LogP contribution in [0, 0.1) is 24.2 Å². The molecule has 0 heterocycles. The topological polar surface area (TPSA) is 35.2 Å². The summed E-state index contributed by atoms with van der Waals surface area (Å²) >= 11 is 0. The molecule has 0 spiro atoms. The molecule has 0 unspecified atom stereocenters. The summed E-state index contributed by atoms with van der Waals surface area (Å²) in [5.41, 5.74) is 7.82. The van der Waals surface area contributed by atoms with E-state index in [2.05, 4.69) is 32.6 Å². The summed E-state index contributed by atoms with van der Waals surface area (Å²) in [5.74, 6) is 6.83. The molecule has 0 saturated heterocycles. The summed E-state index contributed by atoms with van der Waals surface area (Å²) in [5, 5.41) is 0. The maximum atomic E-state index is 5.75. The Morgan fingerprint density at radius 2 is 2.00 bits per heavy atom. The molecule has 1 rings (SSSR count). The second-order valence-electron chi connectivity index (χ2n) is 5.64. The molecule has 0 aliphatic carbocycles. The summed E-state index contributed by atoms with van der Waals surface area (Å²) < 4.78 is 5.75. The molecule has 0 saturated carbocycles. The van der Waals surface area contributed by atoms with Crippen LogP contribution in [0.3, 0.4) is 0 Å². The van der Waals surface area contributed by atoms with Crippen LogP contribution in [0.1, 0.15) is 38.3 Å². The predicted octanol–water partition coefficient (Wildman–Crippen LogP) is 3.12. The lowest BCUT2D eigenvalue weighted by molar-refractivity contribution is 0.243. The Bertz CT molecular complexity index is 446. The van der Waals surface area contributed by atoms with Crippen molar-refractivity contribution in [2.45, 2.75) is 34.1 Å². The van der Waals surface area contributed by atoms with E-state index in [1.807, 2.05) is 25.1 Å². The number of hydrogen-bond acceptors (Lipinski definition) is 2. The van der Waals surface area contributed by atoms with Crippen molar-refractivity contribution < 1.29 is 4.74 Å². The van der Waals surface area contributed by atoms with E-state index in [1.165, 1.54) is 0 Å². The molecule has 2 nitrogen and oxygen atoms in total. The molecule has 0 atom stereocenters. The van der Waals surface area contributed by atoms with Crippen LogP contribution in [0.4, 0.5) is 0 Å². The molecule has 0 bridgehead atoms. The van der Waals surface area contributed by atoms with Crippen molar-refractivity contribution in [3.63, 3.8) is 0 Å². The minimum absolute atomic E-state index is 0.307. The minimum Gasteiger partial charge on any atom is -0.494 e. The van der Waals surface area contributed by atoms with E-state index in [1.54, 1.807) is 0 Å². The van der Waals surface area contributed by atoms with Gasteiger partial charge in [0.15, 0.2) is 0 Å². The normalized spacial score (nSPS) is 10.7. The molecule has 0 amide bonds. The zero-order chi connectivity index (χ0) is 13.6. The van der Waals surface area contributed by atoms with E-state index in [0.717, 1.165) is 29.9 Å². The zero-order valence-electron chi connectivity index (χ0n) is 11.8. The lowest BCUT2D eigenvalue weighted by Gasteiger charge is -2.18. The van der Waals surface area contributed by atoms with Crippen molar-refractivity contribution in [2.75, 3.05) is 13.2 Å². The molecular formula is C16H23NO. The quantitative estimate of drug-likeness (QED) is 0.830. The van der Waals surface area contributed by atoms with Crippen LogP contribution in [-0.2, 0) is 0 Å². The van der Waals surface area contributed by atoms with Gasteiger partial charge in [-0.2, -0.15) is 0 Å². The van der Waals surface area contributed by atoms with Gasteiger partial charge < -0.3 is 10.5 Å². The average Bonchev–Trinajstić information content (AvgIpc) is 2.26. The number of aryl methyl sites for hydroxylation is 1. The summed E-state index contributed by atoms with van der Waals surface area (Å²) in [7, 11) is 0. The van der Waals surface area contributed by atoms with Crippen molar-refractivity contribution >= 4 is 0 Å². The Morgan fingerprint density at radius 3 is 2.56 bits per heavy atom. The van der Waals surface area contributed by atoms with Crippen molar-refractivity contribution in [3.8, 4) is 17.6 Å². The number of ether oxygens (including phenoxy) is 1. The van der Waals surface area contributed by atoms with Crippen LogP contribution in [0.2, 0.25) is 0 Å². The van der Waals surface area contributed by atoms with Crippen molar-refractivity contribution in [3.05, 3.63) is 29.3 Å². The molecule has 0 aromatic heterocycles. The highest BCUT2D eigenvalue weighted by Gasteiger charge is 2.10. The molecule has 0 radical (unpaired) electrons. The molecule has 1 aromatic rings. The lowest BCUT2D eigenvalue weighted by Crippen LogP contribution is -2.11. The van der Waals surface area contributed by atoms with Crippen LogP contribution >= 0.6 is 0 Å². The Morgan fingerprint density at radius 1 is 1.28 bits per heavy atom. The van der Waals surface area contributed by atoms with Gasteiger partial charge in [0, 0.05) is 5.56 Å². The van der Waals surface area contributed by atoms with Gasteiger partial charge in [0.25, 0.3) is 0 Å². The Labute approximate surface area is 111 Å². The molecular weight excluding hydrogens is 222 g/mol. The van der Waals surface area contributed by atoms with Crippen LogP contribution in [0.15, 0.2) is 18.2 Å². The highest BCUT2D eigenvalue weighted by Crippen LogP contribution is 2.21. The Balaban J connectivity index is 2.62. The van der Waals surface area contributed by atoms with E-state index in [9.17, 15) is 0 Å². The van der Waals surface area contributed by atoms with Gasteiger partial charge in [-0.3, -0.25) is 0 Å². The van der Waals surface area contributed by atoms with Crippen LogP contribution in [0.25, 0.3) is 0 Å². The monoisotopic (exact) mass is 245 g/mol. The third-order valence-electron chi connectivity index (χ3n) is 2.64. The Hall–Kier alpha value is -1.46. The van der Waals surface area contributed by atoms with Gasteiger partial charge in [0.2, 0.25) is 0 Å². The third kappa shape index (κ3) is 5.25. The summed E-state index contributed by atoms with van der Waals surface area (Å²) in [6, 6.07) is 5.99. The van der Waals surface area contributed by atoms with Crippen LogP contribution < -0.4 is 10.5 Å². The van der Waals surface area contributed by atoms with Gasteiger partial charge in [0.05, 0.1) is 13.2 Å². The highest BCUT2D eigenvalue weighted by atomic mass is 16.5. The van der Waals surface area contributed by atoms with Crippen molar-refractivity contribution in [1.29, 1.82) is 0 Å². The van der Waals surface area contributed by atoms with E-state index in [4.69, 9.17) is 10.5 Å².